The molecule has 6 rings (SSSR count). The lowest BCUT2D eigenvalue weighted by atomic mass is 9.60. The summed E-state index contributed by atoms with van der Waals surface area (Å²) in [6, 6.07) is 25.5. The van der Waals surface area contributed by atoms with Crippen LogP contribution in [0.15, 0.2) is 120 Å². The number of hydrogen-bond donors (Lipinski definition) is 0. The van der Waals surface area contributed by atoms with Crippen LogP contribution in [-0.4, -0.2) is 32.1 Å². The zero-order valence-electron chi connectivity index (χ0n) is 23.5. The lowest BCUT2D eigenvalue weighted by Gasteiger charge is -2.51. The van der Waals surface area contributed by atoms with Crippen molar-refractivity contribution in [2.24, 2.45) is 10.5 Å². The van der Waals surface area contributed by atoms with Gasteiger partial charge in [-0.1, -0.05) is 60.2 Å². The maximum Gasteiger partial charge on any atom is 0.264 e. The molecule has 3 aromatic carbocycles. The molecule has 2 aliphatic rings. The summed E-state index contributed by atoms with van der Waals surface area (Å²) < 4.78 is 36.2. The number of nitrogens with zero attached hydrogens (tertiary/aromatic N) is 4. The smallest absolute Gasteiger partial charge is 0.264 e. The van der Waals surface area contributed by atoms with Crippen LogP contribution in [-0.2, 0) is 14.8 Å². The maximum absolute atomic E-state index is 14.9. The summed E-state index contributed by atoms with van der Waals surface area (Å²) in [7, 11) is -2.70. The van der Waals surface area contributed by atoms with Crippen molar-refractivity contribution in [1.82, 2.24) is 4.98 Å². The highest BCUT2D eigenvalue weighted by Gasteiger charge is 2.65. The fourth-order valence-corrected chi connectivity index (χ4v) is 7.89. The molecule has 0 aliphatic carbocycles. The molecule has 9 heteroatoms. The fraction of sp³-hybridized carbons (Fsp3) is 0.182. The second-order valence-corrected chi connectivity index (χ2v) is 12.2. The van der Waals surface area contributed by atoms with Gasteiger partial charge in [-0.3, -0.25) is 9.10 Å². The second kappa shape index (κ2) is 10.3. The van der Waals surface area contributed by atoms with Gasteiger partial charge in [-0.05, 0) is 61.4 Å². The first-order valence-electron chi connectivity index (χ1n) is 13.5. The summed E-state index contributed by atoms with van der Waals surface area (Å²) in [5, 5.41) is 6.16. The Hall–Kier alpha value is -4.76. The van der Waals surface area contributed by atoms with Gasteiger partial charge in [-0.2, -0.15) is 10.1 Å². The van der Waals surface area contributed by atoms with Gasteiger partial charge in [0.1, 0.15) is 5.41 Å². The Morgan fingerprint density at radius 1 is 0.929 bits per heavy atom. The van der Waals surface area contributed by atoms with E-state index in [0.717, 1.165) is 5.56 Å². The van der Waals surface area contributed by atoms with Crippen LogP contribution < -0.4 is 14.1 Å². The lowest BCUT2D eigenvalue weighted by molar-refractivity contribution is -0.125. The number of carbonyl (C=O) groups is 1. The van der Waals surface area contributed by atoms with Crippen LogP contribution in [0.4, 0.5) is 11.4 Å². The van der Waals surface area contributed by atoms with Crippen LogP contribution in [0, 0.1) is 12.3 Å². The van der Waals surface area contributed by atoms with Crippen molar-refractivity contribution in [3.63, 3.8) is 0 Å². The van der Waals surface area contributed by atoms with E-state index in [1.165, 1.54) is 16.4 Å². The van der Waals surface area contributed by atoms with Gasteiger partial charge in [0.05, 0.1) is 35.1 Å². The first-order valence-corrected chi connectivity index (χ1v) is 15.0. The van der Waals surface area contributed by atoms with Gasteiger partial charge in [0.25, 0.3) is 15.9 Å². The van der Waals surface area contributed by atoms with Gasteiger partial charge in [0.15, 0.2) is 0 Å². The van der Waals surface area contributed by atoms with Gasteiger partial charge in [0.2, 0.25) is 5.88 Å². The summed E-state index contributed by atoms with van der Waals surface area (Å²) in [6.45, 7) is 7.83. The molecule has 0 saturated carbocycles. The van der Waals surface area contributed by atoms with Crippen LogP contribution in [0.5, 0.6) is 5.88 Å². The Bertz CT molecular complexity index is 1810. The monoisotopic (exact) mass is 578 g/mol. The second-order valence-electron chi connectivity index (χ2n) is 10.4. The molecule has 8 nitrogen and oxygen atoms in total. The maximum atomic E-state index is 14.9. The zero-order valence-corrected chi connectivity index (χ0v) is 24.3. The van der Waals surface area contributed by atoms with E-state index in [2.05, 4.69) is 11.6 Å². The number of sulfonamides is 1. The summed E-state index contributed by atoms with van der Waals surface area (Å²) in [4.78, 5) is 19.5. The number of methoxy groups -OCH3 is 1. The predicted octanol–water partition coefficient (Wildman–Crippen LogP) is 6.03. The molecule has 0 N–H and O–H groups in total. The van der Waals surface area contributed by atoms with Crippen molar-refractivity contribution in [2.75, 3.05) is 16.4 Å². The Morgan fingerprint density at radius 3 is 2.26 bits per heavy atom. The topological polar surface area (TPSA) is 92.2 Å². The highest BCUT2D eigenvalue weighted by atomic mass is 32.2. The van der Waals surface area contributed by atoms with Gasteiger partial charge in [-0.25, -0.2) is 13.4 Å². The van der Waals surface area contributed by atoms with E-state index in [1.54, 1.807) is 79.9 Å². The Balaban J connectivity index is 1.69. The predicted molar refractivity (Wildman–Crippen MR) is 163 cm³/mol. The number of hydrogen-bond acceptors (Lipinski definition) is 6. The number of para-hydroxylation sites is 2. The molecule has 1 amide bonds. The molecule has 42 heavy (non-hydrogen) atoms. The fourth-order valence-electron chi connectivity index (χ4n) is 6.19. The highest BCUT2D eigenvalue weighted by molar-refractivity contribution is 7.92. The highest BCUT2D eigenvalue weighted by Crippen LogP contribution is 2.61. The number of allylic oxidation sites excluding steroid dienone is 1. The van der Waals surface area contributed by atoms with E-state index in [0.29, 0.717) is 34.1 Å². The number of pyridine rings is 1. The Kier molecular flexibility index (Phi) is 6.69. The van der Waals surface area contributed by atoms with E-state index in [1.807, 2.05) is 37.3 Å². The molecular formula is C33H30N4O4S. The van der Waals surface area contributed by atoms with E-state index in [-0.39, 0.29) is 10.8 Å². The average Bonchev–Trinajstić information content (AvgIpc) is 3.27. The standard InChI is InChI=1S/C33H30N4O4S/c1-5-28-27-13-9-10-14-29(27)37(42(39,40)26-18-15-22(2)16-19-26)31(24-17-20-30(41-4)34-21-24)33(28)23(3)35-36(32(33)38)25-11-7-6-8-12-25/h5-21,28,31H,1H2,2-4H3/t28-,31-,33+/m0/s1. The van der Waals surface area contributed by atoms with Crippen LogP contribution >= 0.6 is 0 Å². The minimum atomic E-state index is -4.21. The summed E-state index contributed by atoms with van der Waals surface area (Å²) in [5.41, 5.74) is 2.16. The average molecular weight is 579 g/mol. The van der Waals surface area contributed by atoms with Gasteiger partial charge < -0.3 is 4.74 Å². The van der Waals surface area contributed by atoms with Crippen LogP contribution in [0.2, 0.25) is 0 Å². The van der Waals surface area contributed by atoms with E-state index >= 15 is 0 Å². The number of aryl methyl sites for hydroxylation is 1. The Labute approximate surface area is 245 Å². The Morgan fingerprint density at radius 2 is 1.62 bits per heavy atom. The molecular weight excluding hydrogens is 548 g/mol. The first kappa shape index (κ1) is 27.4. The molecule has 1 spiro atoms. The van der Waals surface area contributed by atoms with Crippen molar-refractivity contribution in [3.05, 3.63) is 127 Å². The van der Waals surface area contributed by atoms with Gasteiger partial charge >= 0.3 is 0 Å². The van der Waals surface area contributed by atoms with Gasteiger partial charge in [0, 0.05) is 18.2 Å². The number of anilines is 2. The molecule has 2 aliphatic heterocycles. The summed E-state index contributed by atoms with van der Waals surface area (Å²) >= 11 is 0. The third-order valence-electron chi connectivity index (χ3n) is 8.16. The molecule has 0 radical (unpaired) electrons. The number of rotatable bonds is 6. The summed E-state index contributed by atoms with van der Waals surface area (Å²) in [6.07, 6.45) is 3.30. The molecule has 3 atom stereocenters. The minimum Gasteiger partial charge on any atom is -0.481 e. The van der Waals surface area contributed by atoms with Crippen LogP contribution in [0.1, 0.15) is 35.6 Å². The normalized spacial score (nSPS) is 21.7. The van der Waals surface area contributed by atoms with Crippen molar-refractivity contribution in [2.45, 2.75) is 30.7 Å². The van der Waals surface area contributed by atoms with E-state index in [9.17, 15) is 13.2 Å². The van der Waals surface area contributed by atoms with Crippen molar-refractivity contribution >= 4 is 33.0 Å². The first-order chi connectivity index (χ1) is 20.2. The number of amides is 1. The van der Waals surface area contributed by atoms with Crippen molar-refractivity contribution in [1.29, 1.82) is 0 Å². The molecule has 212 valence electrons. The number of aromatic nitrogens is 1. The summed E-state index contributed by atoms with van der Waals surface area (Å²) in [5.74, 6) is -0.586. The number of ether oxygens (including phenoxy) is 1. The number of carbonyl (C=O) groups excluding carboxylic acids is 1. The van der Waals surface area contributed by atoms with Crippen LogP contribution in [0.3, 0.4) is 0 Å². The van der Waals surface area contributed by atoms with Crippen molar-refractivity contribution < 1.29 is 17.9 Å². The molecule has 4 aromatic rings. The van der Waals surface area contributed by atoms with Crippen molar-refractivity contribution in [3.8, 4) is 5.88 Å². The minimum absolute atomic E-state index is 0.113. The quantitative estimate of drug-likeness (QED) is 0.261. The van der Waals surface area contributed by atoms with E-state index < -0.39 is 27.4 Å². The number of benzene rings is 3. The zero-order chi connectivity index (χ0) is 29.6. The van der Waals surface area contributed by atoms with Gasteiger partial charge in [-0.15, -0.1) is 6.58 Å². The largest absolute Gasteiger partial charge is 0.481 e. The third-order valence-corrected chi connectivity index (χ3v) is 9.95. The number of fused-ring (bicyclic) bond motifs is 1. The molecule has 0 bridgehead atoms. The van der Waals surface area contributed by atoms with E-state index in [4.69, 9.17) is 9.84 Å². The third kappa shape index (κ3) is 3.95. The molecule has 0 unspecified atom stereocenters. The SMILES string of the molecule is C=C[C@H]1c2ccccc2N(S(=O)(=O)c2ccc(C)cc2)[C@@H](c2ccc(OC)nc2)[C@]12C(=O)N(c1ccccc1)N=C2C. The molecule has 0 saturated heterocycles. The molecule has 1 aromatic heterocycles. The lowest BCUT2D eigenvalue weighted by Crippen LogP contribution is -2.57. The van der Waals surface area contributed by atoms with Crippen LogP contribution in [0.25, 0.3) is 0 Å². The number of hydrazone groups is 1. The molecule has 3 heterocycles. The molecule has 0 fully saturated rings.